The minimum absolute atomic E-state index is 0.0696. The second-order valence-electron chi connectivity index (χ2n) is 6.86. The van der Waals surface area contributed by atoms with Crippen LogP contribution in [-0.2, 0) is 16.0 Å². The third-order valence-electron chi connectivity index (χ3n) is 4.81. The fourth-order valence-electron chi connectivity index (χ4n) is 3.31. The molecule has 1 aromatic carbocycles. The van der Waals surface area contributed by atoms with E-state index in [1.807, 2.05) is 12.1 Å². The van der Waals surface area contributed by atoms with Crippen LogP contribution in [-0.4, -0.2) is 39.7 Å². The van der Waals surface area contributed by atoms with Gasteiger partial charge in [0.25, 0.3) is 11.3 Å². The van der Waals surface area contributed by atoms with Crippen LogP contribution in [0.15, 0.2) is 33.6 Å². The van der Waals surface area contributed by atoms with Crippen molar-refractivity contribution < 1.29 is 18.8 Å². The van der Waals surface area contributed by atoms with Crippen molar-refractivity contribution in [2.45, 2.75) is 39.7 Å². The third-order valence-corrected chi connectivity index (χ3v) is 5.07. The van der Waals surface area contributed by atoms with E-state index in [1.54, 1.807) is 32.9 Å². The molecular weight excluding hydrogens is 424 g/mol. The SMILES string of the molecule is CCOC(=O)c1noc2nc(C)n(C(CC)C(=O)NCCc3ccc(Cl)cc3)c(=O)c12. The molecule has 2 heterocycles. The highest BCUT2D eigenvalue weighted by Crippen LogP contribution is 2.18. The molecule has 0 aliphatic carbocycles. The summed E-state index contributed by atoms with van der Waals surface area (Å²) < 4.78 is 11.2. The molecule has 1 atom stereocenters. The van der Waals surface area contributed by atoms with Crippen molar-refractivity contribution >= 4 is 34.6 Å². The predicted octanol–water partition coefficient (Wildman–Crippen LogP) is 2.83. The Morgan fingerprint density at radius 3 is 2.61 bits per heavy atom. The van der Waals surface area contributed by atoms with Gasteiger partial charge in [0, 0.05) is 11.6 Å². The lowest BCUT2D eigenvalue weighted by Crippen LogP contribution is -2.39. The predicted molar refractivity (Wildman–Crippen MR) is 114 cm³/mol. The van der Waals surface area contributed by atoms with Crippen LogP contribution < -0.4 is 10.9 Å². The summed E-state index contributed by atoms with van der Waals surface area (Å²) in [6.07, 6.45) is 0.962. The van der Waals surface area contributed by atoms with Gasteiger partial charge in [-0.2, -0.15) is 4.98 Å². The molecule has 1 N–H and O–H groups in total. The molecular formula is C21H23ClN4O5. The van der Waals surface area contributed by atoms with Gasteiger partial charge in [0.1, 0.15) is 17.3 Å². The summed E-state index contributed by atoms with van der Waals surface area (Å²) in [6.45, 7) is 5.54. The van der Waals surface area contributed by atoms with Crippen LogP contribution in [0.3, 0.4) is 0 Å². The summed E-state index contributed by atoms with van der Waals surface area (Å²) >= 11 is 5.89. The number of aryl methyl sites for hydroxylation is 1. The van der Waals surface area contributed by atoms with Gasteiger partial charge < -0.3 is 14.6 Å². The van der Waals surface area contributed by atoms with E-state index in [9.17, 15) is 14.4 Å². The number of ether oxygens (including phenoxy) is 1. The molecule has 0 spiro atoms. The smallest absolute Gasteiger partial charge is 0.361 e. The van der Waals surface area contributed by atoms with Gasteiger partial charge in [0.15, 0.2) is 0 Å². The first-order valence-corrected chi connectivity index (χ1v) is 10.3. The molecule has 0 bridgehead atoms. The summed E-state index contributed by atoms with van der Waals surface area (Å²) in [7, 11) is 0. The highest BCUT2D eigenvalue weighted by atomic mass is 35.5. The Bertz CT molecular complexity index is 1150. The maximum Gasteiger partial charge on any atom is 0.361 e. The van der Waals surface area contributed by atoms with E-state index in [2.05, 4.69) is 15.5 Å². The van der Waals surface area contributed by atoms with Crippen molar-refractivity contribution in [1.82, 2.24) is 20.0 Å². The normalized spacial score (nSPS) is 12.0. The van der Waals surface area contributed by atoms with Crippen LogP contribution in [0.4, 0.5) is 0 Å². The van der Waals surface area contributed by atoms with Crippen molar-refractivity contribution in [2.24, 2.45) is 0 Å². The monoisotopic (exact) mass is 446 g/mol. The van der Waals surface area contributed by atoms with E-state index in [0.29, 0.717) is 24.4 Å². The number of hydrogen-bond donors (Lipinski definition) is 1. The van der Waals surface area contributed by atoms with Gasteiger partial charge in [-0.1, -0.05) is 35.8 Å². The van der Waals surface area contributed by atoms with Gasteiger partial charge in [0.2, 0.25) is 11.6 Å². The molecule has 3 rings (SSSR count). The standard InChI is InChI=1S/C21H23ClN4O5/c1-4-15(18(27)23-11-10-13-6-8-14(22)9-7-13)26-12(3)24-19-16(20(26)28)17(25-31-19)21(29)30-5-2/h6-9,15H,4-5,10-11H2,1-3H3,(H,23,27). The van der Waals surface area contributed by atoms with Crippen molar-refractivity contribution in [2.75, 3.05) is 13.2 Å². The van der Waals surface area contributed by atoms with E-state index in [1.165, 1.54) is 4.57 Å². The molecule has 0 aliphatic heterocycles. The van der Waals surface area contributed by atoms with Crippen LogP contribution >= 0.6 is 11.6 Å². The molecule has 0 aliphatic rings. The average Bonchev–Trinajstić information content (AvgIpc) is 3.16. The molecule has 0 radical (unpaired) electrons. The minimum Gasteiger partial charge on any atom is -0.461 e. The number of amides is 1. The molecule has 0 saturated carbocycles. The Morgan fingerprint density at radius 1 is 1.26 bits per heavy atom. The molecule has 164 valence electrons. The maximum absolute atomic E-state index is 13.2. The van der Waals surface area contributed by atoms with E-state index in [-0.39, 0.29) is 35.1 Å². The second-order valence-corrected chi connectivity index (χ2v) is 7.29. The number of nitrogens with one attached hydrogen (secondary N) is 1. The highest BCUT2D eigenvalue weighted by Gasteiger charge is 2.28. The molecule has 0 saturated heterocycles. The average molecular weight is 447 g/mol. The lowest BCUT2D eigenvalue weighted by Gasteiger charge is -2.19. The zero-order valence-corrected chi connectivity index (χ0v) is 18.2. The number of carbonyl (C=O) groups is 2. The summed E-state index contributed by atoms with van der Waals surface area (Å²) in [5.41, 5.74) is 0.130. The van der Waals surface area contributed by atoms with Gasteiger partial charge in [-0.25, -0.2) is 4.79 Å². The fraction of sp³-hybridized carbons (Fsp3) is 0.381. The molecule has 31 heavy (non-hydrogen) atoms. The Kier molecular flexibility index (Phi) is 7.06. The Hall–Kier alpha value is -3.20. The first-order valence-electron chi connectivity index (χ1n) is 9.95. The number of aromatic nitrogens is 3. The Balaban J connectivity index is 1.86. The third kappa shape index (κ3) is 4.77. The zero-order chi connectivity index (χ0) is 22.5. The fourth-order valence-corrected chi connectivity index (χ4v) is 3.43. The topological polar surface area (TPSA) is 116 Å². The van der Waals surface area contributed by atoms with E-state index < -0.39 is 17.6 Å². The minimum atomic E-state index is -0.806. The second kappa shape index (κ2) is 9.74. The summed E-state index contributed by atoms with van der Waals surface area (Å²) in [4.78, 5) is 42.4. The summed E-state index contributed by atoms with van der Waals surface area (Å²) in [5.74, 6) is -0.822. The molecule has 2 aromatic heterocycles. The molecule has 9 nitrogen and oxygen atoms in total. The number of benzene rings is 1. The quantitative estimate of drug-likeness (QED) is 0.529. The highest BCUT2D eigenvalue weighted by molar-refractivity contribution is 6.30. The number of esters is 1. The van der Waals surface area contributed by atoms with Gasteiger partial charge in [-0.3, -0.25) is 14.2 Å². The van der Waals surface area contributed by atoms with Gasteiger partial charge in [0.05, 0.1) is 6.61 Å². The summed E-state index contributed by atoms with van der Waals surface area (Å²) in [5, 5.41) is 7.05. The van der Waals surface area contributed by atoms with Crippen LogP contribution in [0, 0.1) is 6.92 Å². The van der Waals surface area contributed by atoms with Crippen molar-refractivity contribution in [3.8, 4) is 0 Å². The van der Waals surface area contributed by atoms with E-state index in [4.69, 9.17) is 20.9 Å². The Morgan fingerprint density at radius 2 is 1.97 bits per heavy atom. The van der Waals surface area contributed by atoms with Gasteiger partial charge in [-0.05, 0) is 44.4 Å². The molecule has 1 amide bonds. The number of hydrogen-bond acceptors (Lipinski definition) is 7. The molecule has 1 unspecified atom stereocenters. The van der Waals surface area contributed by atoms with Crippen LogP contribution in [0.1, 0.15) is 48.2 Å². The lowest BCUT2D eigenvalue weighted by molar-refractivity contribution is -0.124. The van der Waals surface area contributed by atoms with Crippen LogP contribution in [0.5, 0.6) is 0 Å². The molecule has 0 fully saturated rings. The number of fused-ring (bicyclic) bond motifs is 1. The van der Waals surface area contributed by atoms with Crippen LogP contribution in [0.25, 0.3) is 11.1 Å². The van der Waals surface area contributed by atoms with Crippen molar-refractivity contribution in [3.05, 3.63) is 56.7 Å². The molecule has 10 heteroatoms. The van der Waals surface area contributed by atoms with Gasteiger partial charge >= 0.3 is 5.97 Å². The number of halogens is 1. The summed E-state index contributed by atoms with van der Waals surface area (Å²) in [6, 6.07) is 6.55. The van der Waals surface area contributed by atoms with Crippen molar-refractivity contribution in [1.29, 1.82) is 0 Å². The largest absolute Gasteiger partial charge is 0.461 e. The number of nitrogens with zero attached hydrogens (tertiary/aromatic N) is 3. The number of rotatable bonds is 8. The molecule has 3 aromatic rings. The Labute approximate surface area is 183 Å². The first kappa shape index (κ1) is 22.5. The first-order chi connectivity index (χ1) is 14.9. The van der Waals surface area contributed by atoms with Crippen LogP contribution in [0.2, 0.25) is 5.02 Å². The maximum atomic E-state index is 13.2. The van der Waals surface area contributed by atoms with E-state index >= 15 is 0 Å². The lowest BCUT2D eigenvalue weighted by atomic mass is 10.1. The van der Waals surface area contributed by atoms with Gasteiger partial charge in [-0.15, -0.1) is 0 Å². The van der Waals surface area contributed by atoms with Crippen molar-refractivity contribution in [3.63, 3.8) is 0 Å². The zero-order valence-electron chi connectivity index (χ0n) is 17.5. The number of carbonyl (C=O) groups excluding carboxylic acids is 2. The van der Waals surface area contributed by atoms with E-state index in [0.717, 1.165) is 5.56 Å².